The lowest BCUT2D eigenvalue weighted by molar-refractivity contribution is -0.150. The Labute approximate surface area is 161 Å². The zero-order chi connectivity index (χ0) is 19.6. The highest BCUT2D eigenvalue weighted by Crippen LogP contribution is 2.34. The Kier molecular flexibility index (Phi) is 5.51. The monoisotopic (exact) mass is 384 g/mol. The SMILES string of the molecule is CCOC(=O)C(C)N1C(=O)SC(=Cc2cccn2-c2cccc(C)c2)C1=O. The van der Waals surface area contributed by atoms with Crippen molar-refractivity contribution < 1.29 is 19.1 Å². The lowest BCUT2D eigenvalue weighted by Crippen LogP contribution is -2.42. The third kappa shape index (κ3) is 3.83. The third-order valence-corrected chi connectivity index (χ3v) is 5.06. The molecule has 0 N–H and O–H groups in total. The number of imide groups is 1. The summed E-state index contributed by atoms with van der Waals surface area (Å²) >= 11 is 0.828. The summed E-state index contributed by atoms with van der Waals surface area (Å²) in [7, 11) is 0. The van der Waals surface area contributed by atoms with E-state index in [0.29, 0.717) is 0 Å². The molecule has 0 saturated carbocycles. The topological polar surface area (TPSA) is 68.6 Å². The number of benzene rings is 1. The van der Waals surface area contributed by atoms with Crippen molar-refractivity contribution in [3.8, 4) is 5.69 Å². The van der Waals surface area contributed by atoms with Crippen LogP contribution in [0.4, 0.5) is 4.79 Å². The zero-order valence-corrected chi connectivity index (χ0v) is 16.2. The number of aromatic nitrogens is 1. The molecule has 2 amide bonds. The summed E-state index contributed by atoms with van der Waals surface area (Å²) in [6.45, 7) is 5.37. The Hall–Kier alpha value is -2.80. The predicted octanol–water partition coefficient (Wildman–Crippen LogP) is 3.77. The van der Waals surface area contributed by atoms with Crippen LogP contribution >= 0.6 is 11.8 Å². The van der Waals surface area contributed by atoms with E-state index < -0.39 is 23.2 Å². The molecular formula is C20H20N2O4S. The number of carbonyl (C=O) groups excluding carboxylic acids is 3. The smallest absolute Gasteiger partial charge is 0.329 e. The number of esters is 1. The molecule has 6 nitrogen and oxygen atoms in total. The number of hydrogen-bond donors (Lipinski definition) is 0. The molecule has 1 atom stereocenters. The molecular weight excluding hydrogens is 364 g/mol. The van der Waals surface area contributed by atoms with E-state index in [1.165, 1.54) is 6.92 Å². The van der Waals surface area contributed by atoms with E-state index in [2.05, 4.69) is 0 Å². The second-order valence-electron chi connectivity index (χ2n) is 6.12. The van der Waals surface area contributed by atoms with E-state index in [1.54, 1.807) is 13.0 Å². The second kappa shape index (κ2) is 7.84. The van der Waals surface area contributed by atoms with Gasteiger partial charge in [-0.3, -0.25) is 14.5 Å². The molecule has 1 aliphatic rings. The zero-order valence-electron chi connectivity index (χ0n) is 15.3. The molecule has 1 fully saturated rings. The van der Waals surface area contributed by atoms with Gasteiger partial charge in [-0.15, -0.1) is 0 Å². The molecule has 3 rings (SSSR count). The second-order valence-corrected chi connectivity index (χ2v) is 7.11. The fourth-order valence-electron chi connectivity index (χ4n) is 2.84. The van der Waals surface area contributed by atoms with E-state index >= 15 is 0 Å². The Morgan fingerprint density at radius 3 is 2.74 bits per heavy atom. The number of carbonyl (C=O) groups is 3. The van der Waals surface area contributed by atoms with E-state index in [1.807, 2.05) is 54.1 Å². The van der Waals surface area contributed by atoms with Crippen LogP contribution in [0.25, 0.3) is 11.8 Å². The van der Waals surface area contributed by atoms with Crippen molar-refractivity contribution in [2.45, 2.75) is 26.8 Å². The first-order valence-electron chi connectivity index (χ1n) is 8.60. The number of rotatable bonds is 5. The van der Waals surface area contributed by atoms with Gasteiger partial charge in [0.1, 0.15) is 6.04 Å². The first-order valence-corrected chi connectivity index (χ1v) is 9.42. The van der Waals surface area contributed by atoms with Gasteiger partial charge in [-0.05, 0) is 68.4 Å². The van der Waals surface area contributed by atoms with Crippen molar-refractivity contribution in [3.05, 3.63) is 58.8 Å². The number of ether oxygens (including phenoxy) is 1. The van der Waals surface area contributed by atoms with Crippen molar-refractivity contribution in [3.63, 3.8) is 0 Å². The maximum absolute atomic E-state index is 12.7. The molecule has 1 aliphatic heterocycles. The molecule has 0 radical (unpaired) electrons. The Bertz CT molecular complexity index is 932. The van der Waals surface area contributed by atoms with Crippen LogP contribution in [-0.4, -0.2) is 39.2 Å². The van der Waals surface area contributed by atoms with E-state index in [9.17, 15) is 14.4 Å². The normalized spacial score (nSPS) is 16.9. The largest absolute Gasteiger partial charge is 0.464 e. The lowest BCUT2D eigenvalue weighted by atomic mass is 10.2. The Morgan fingerprint density at radius 2 is 2.04 bits per heavy atom. The van der Waals surface area contributed by atoms with Gasteiger partial charge in [0, 0.05) is 17.6 Å². The van der Waals surface area contributed by atoms with Crippen LogP contribution in [0.3, 0.4) is 0 Å². The minimum absolute atomic E-state index is 0.194. The molecule has 0 spiro atoms. The number of nitrogens with zero attached hydrogens (tertiary/aromatic N) is 2. The van der Waals surface area contributed by atoms with Crippen LogP contribution in [0.15, 0.2) is 47.5 Å². The van der Waals surface area contributed by atoms with Gasteiger partial charge in [0.2, 0.25) is 0 Å². The molecule has 27 heavy (non-hydrogen) atoms. The minimum atomic E-state index is -0.952. The highest BCUT2D eigenvalue weighted by molar-refractivity contribution is 8.18. The third-order valence-electron chi connectivity index (χ3n) is 4.18. The summed E-state index contributed by atoms with van der Waals surface area (Å²) in [5, 5.41) is -0.472. The number of aryl methyl sites for hydroxylation is 1. The molecule has 7 heteroatoms. The standard InChI is InChI=1S/C20H20N2O4S/c1-4-26-19(24)14(3)22-18(23)17(27-20(22)25)12-16-9-6-10-21(16)15-8-5-7-13(2)11-15/h5-12,14H,4H2,1-3H3. The highest BCUT2D eigenvalue weighted by atomic mass is 32.2. The van der Waals surface area contributed by atoms with Crippen LogP contribution < -0.4 is 0 Å². The molecule has 1 aromatic carbocycles. The lowest BCUT2D eigenvalue weighted by Gasteiger charge is -2.19. The summed E-state index contributed by atoms with van der Waals surface area (Å²) < 4.78 is 6.86. The van der Waals surface area contributed by atoms with E-state index in [-0.39, 0.29) is 11.5 Å². The first kappa shape index (κ1) is 19.0. The van der Waals surface area contributed by atoms with Gasteiger partial charge in [0.25, 0.3) is 11.1 Å². The fourth-order valence-corrected chi connectivity index (χ4v) is 3.73. The van der Waals surface area contributed by atoms with Gasteiger partial charge in [-0.2, -0.15) is 0 Å². The average Bonchev–Trinajstić information content (AvgIpc) is 3.19. The maximum atomic E-state index is 12.7. The Morgan fingerprint density at radius 1 is 1.26 bits per heavy atom. The number of amides is 2. The van der Waals surface area contributed by atoms with Crippen LogP contribution in [0.2, 0.25) is 0 Å². The molecule has 0 bridgehead atoms. The molecule has 0 aliphatic carbocycles. The molecule has 1 saturated heterocycles. The van der Waals surface area contributed by atoms with Crippen molar-refractivity contribution in [2.75, 3.05) is 6.61 Å². The van der Waals surface area contributed by atoms with Crippen LogP contribution in [0.1, 0.15) is 25.1 Å². The van der Waals surface area contributed by atoms with Crippen molar-refractivity contribution in [1.29, 1.82) is 0 Å². The van der Waals surface area contributed by atoms with Gasteiger partial charge in [0.15, 0.2) is 0 Å². The fraction of sp³-hybridized carbons (Fsp3) is 0.250. The van der Waals surface area contributed by atoms with Gasteiger partial charge in [-0.25, -0.2) is 4.79 Å². The Balaban J connectivity index is 1.89. The molecule has 140 valence electrons. The molecule has 2 aromatic rings. The van der Waals surface area contributed by atoms with Crippen LogP contribution in [0, 0.1) is 6.92 Å². The molecule has 1 aromatic heterocycles. The van der Waals surface area contributed by atoms with Gasteiger partial charge in [-0.1, -0.05) is 12.1 Å². The van der Waals surface area contributed by atoms with Gasteiger partial charge in [0.05, 0.1) is 11.5 Å². The summed E-state index contributed by atoms with van der Waals surface area (Å²) in [5.74, 6) is -1.08. The first-order chi connectivity index (χ1) is 12.9. The van der Waals surface area contributed by atoms with Gasteiger partial charge < -0.3 is 9.30 Å². The van der Waals surface area contributed by atoms with Gasteiger partial charge >= 0.3 is 5.97 Å². The number of thioether (sulfide) groups is 1. The van der Waals surface area contributed by atoms with E-state index in [0.717, 1.165) is 33.6 Å². The summed E-state index contributed by atoms with van der Waals surface area (Å²) in [4.78, 5) is 38.1. The minimum Gasteiger partial charge on any atom is -0.464 e. The van der Waals surface area contributed by atoms with Crippen molar-refractivity contribution in [2.24, 2.45) is 0 Å². The number of hydrogen-bond acceptors (Lipinski definition) is 5. The summed E-state index contributed by atoms with van der Waals surface area (Å²) in [6.07, 6.45) is 3.57. The predicted molar refractivity (Wildman–Crippen MR) is 104 cm³/mol. The quantitative estimate of drug-likeness (QED) is 0.580. The van der Waals surface area contributed by atoms with Crippen molar-refractivity contribution in [1.82, 2.24) is 9.47 Å². The van der Waals surface area contributed by atoms with Crippen LogP contribution in [-0.2, 0) is 14.3 Å². The maximum Gasteiger partial charge on any atom is 0.329 e. The summed E-state index contributed by atoms with van der Waals surface area (Å²) in [5.41, 5.74) is 2.86. The molecule has 1 unspecified atom stereocenters. The van der Waals surface area contributed by atoms with Crippen molar-refractivity contribution >= 4 is 35.0 Å². The summed E-state index contributed by atoms with van der Waals surface area (Å²) in [6, 6.07) is 10.8. The van der Waals surface area contributed by atoms with E-state index in [4.69, 9.17) is 4.74 Å². The van der Waals surface area contributed by atoms with Crippen LogP contribution in [0.5, 0.6) is 0 Å². The highest BCUT2D eigenvalue weighted by Gasteiger charge is 2.41. The molecule has 2 heterocycles. The average molecular weight is 384 g/mol.